The van der Waals surface area contributed by atoms with Crippen LogP contribution in [0.5, 0.6) is 0 Å². The molecule has 3 aromatic rings. The summed E-state index contributed by atoms with van der Waals surface area (Å²) in [6, 6.07) is 17.1. The molecule has 108 valence electrons. The van der Waals surface area contributed by atoms with Gasteiger partial charge in [0.15, 0.2) is 0 Å². The molecule has 0 unspecified atom stereocenters. The molecule has 1 aromatic carbocycles. The Labute approximate surface area is 135 Å². The van der Waals surface area contributed by atoms with Crippen LogP contribution < -0.4 is 5.56 Å². The Morgan fingerprint density at radius 1 is 1.00 bits per heavy atom. The van der Waals surface area contributed by atoms with Crippen molar-refractivity contribution in [3.63, 3.8) is 0 Å². The molecule has 0 radical (unpaired) electrons. The smallest absolute Gasteiger partial charge is 0.257 e. The predicted molar refractivity (Wildman–Crippen MR) is 87.4 cm³/mol. The van der Waals surface area contributed by atoms with E-state index in [0.29, 0.717) is 15.9 Å². The van der Waals surface area contributed by atoms with Gasteiger partial charge in [-0.3, -0.25) is 14.2 Å². The lowest BCUT2D eigenvalue weighted by Gasteiger charge is -2.11. The van der Waals surface area contributed by atoms with Gasteiger partial charge in [-0.2, -0.15) is 0 Å². The number of hydrogen-bond donors (Lipinski definition) is 0. The van der Waals surface area contributed by atoms with Crippen LogP contribution in [0, 0.1) is 0 Å². The van der Waals surface area contributed by atoms with Crippen LogP contribution in [0.25, 0.3) is 5.82 Å². The molecule has 0 fully saturated rings. The summed E-state index contributed by atoms with van der Waals surface area (Å²) >= 11 is 3.27. The maximum Gasteiger partial charge on any atom is 0.257 e. The van der Waals surface area contributed by atoms with Gasteiger partial charge in [-0.25, -0.2) is 4.98 Å². The van der Waals surface area contributed by atoms with Crippen LogP contribution in [-0.2, 0) is 0 Å². The predicted octanol–water partition coefficient (Wildman–Crippen LogP) is 3.23. The highest BCUT2D eigenvalue weighted by molar-refractivity contribution is 9.10. The highest BCUT2D eigenvalue weighted by Crippen LogP contribution is 2.16. The Morgan fingerprint density at radius 3 is 2.41 bits per heavy atom. The number of nitrogens with zero attached hydrogens (tertiary/aromatic N) is 2. The molecule has 0 aliphatic heterocycles. The monoisotopic (exact) mass is 354 g/mol. The Kier molecular flexibility index (Phi) is 3.98. The molecule has 0 N–H and O–H groups in total. The first-order valence-corrected chi connectivity index (χ1v) is 7.40. The highest BCUT2D eigenvalue weighted by Gasteiger charge is 2.17. The Hall–Kier alpha value is -2.53. The molecule has 0 amide bonds. The number of carbonyl (C=O) groups excluding carboxylic acids is 1. The number of halogens is 1. The van der Waals surface area contributed by atoms with Gasteiger partial charge in [0.25, 0.3) is 5.56 Å². The van der Waals surface area contributed by atoms with Gasteiger partial charge in [0.05, 0.1) is 5.69 Å². The van der Waals surface area contributed by atoms with Gasteiger partial charge in [-0.15, -0.1) is 0 Å². The van der Waals surface area contributed by atoms with Crippen molar-refractivity contribution in [3.8, 4) is 5.82 Å². The number of hydrogen-bond acceptors (Lipinski definition) is 3. The zero-order valence-corrected chi connectivity index (χ0v) is 13.0. The van der Waals surface area contributed by atoms with Gasteiger partial charge in [0.2, 0.25) is 5.78 Å². The largest absolute Gasteiger partial charge is 0.287 e. The lowest BCUT2D eigenvalue weighted by Crippen LogP contribution is -2.25. The maximum atomic E-state index is 12.7. The second-order valence-electron chi connectivity index (χ2n) is 4.62. The lowest BCUT2D eigenvalue weighted by atomic mass is 10.1. The van der Waals surface area contributed by atoms with Gasteiger partial charge in [-0.05, 0) is 18.2 Å². The van der Waals surface area contributed by atoms with E-state index in [1.54, 1.807) is 54.7 Å². The topological polar surface area (TPSA) is 52.0 Å². The minimum Gasteiger partial charge on any atom is -0.287 e. The summed E-state index contributed by atoms with van der Waals surface area (Å²) in [4.78, 5) is 29.2. The average Bonchev–Trinajstić information content (AvgIpc) is 2.55. The molecule has 0 atom stereocenters. The fourth-order valence-corrected chi connectivity index (χ4v) is 2.58. The molecule has 3 rings (SSSR count). The van der Waals surface area contributed by atoms with Crippen LogP contribution in [-0.4, -0.2) is 15.3 Å². The van der Waals surface area contributed by atoms with Crippen molar-refractivity contribution < 1.29 is 4.79 Å². The normalized spacial score (nSPS) is 10.4. The second-order valence-corrected chi connectivity index (χ2v) is 5.53. The summed E-state index contributed by atoms with van der Waals surface area (Å²) in [6.45, 7) is 0. The molecule has 0 saturated carbocycles. The fraction of sp³-hybridized carbons (Fsp3) is 0. The van der Waals surface area contributed by atoms with Crippen LogP contribution >= 0.6 is 15.9 Å². The summed E-state index contributed by atoms with van der Waals surface area (Å²) in [5.74, 6) is 0.184. The molecule has 0 bridgehead atoms. The highest BCUT2D eigenvalue weighted by atomic mass is 79.9. The van der Waals surface area contributed by atoms with E-state index < -0.39 is 0 Å². The van der Waals surface area contributed by atoms with Crippen LogP contribution in [0.15, 0.2) is 76.1 Å². The van der Waals surface area contributed by atoms with Gasteiger partial charge in [0, 0.05) is 22.3 Å². The van der Waals surface area contributed by atoms with Gasteiger partial charge in [-0.1, -0.05) is 52.3 Å². The standard InChI is InChI=1S/C17H11BrN2O2/c18-13-10-14(17(22)12-6-2-1-3-7-12)20(16(21)11-13)15-8-4-5-9-19-15/h1-11H. The van der Waals surface area contributed by atoms with E-state index >= 15 is 0 Å². The van der Waals surface area contributed by atoms with E-state index in [-0.39, 0.29) is 17.0 Å². The van der Waals surface area contributed by atoms with Gasteiger partial charge in [0.1, 0.15) is 5.82 Å². The third-order valence-corrected chi connectivity index (χ3v) is 3.60. The second kappa shape index (κ2) is 6.07. The summed E-state index contributed by atoms with van der Waals surface area (Å²) in [7, 11) is 0. The summed E-state index contributed by atoms with van der Waals surface area (Å²) in [5, 5.41) is 0. The molecule has 4 nitrogen and oxygen atoms in total. The Balaban J connectivity index is 2.24. The molecule has 2 aromatic heterocycles. The van der Waals surface area contributed by atoms with Crippen molar-refractivity contribution in [1.29, 1.82) is 0 Å². The first kappa shape index (κ1) is 14.4. The van der Waals surface area contributed by atoms with Gasteiger partial charge < -0.3 is 0 Å². The minimum atomic E-state index is -0.313. The van der Waals surface area contributed by atoms with E-state index in [4.69, 9.17) is 0 Å². The number of ketones is 1. The van der Waals surface area contributed by atoms with Crippen molar-refractivity contribution in [2.24, 2.45) is 0 Å². The summed E-state index contributed by atoms with van der Waals surface area (Å²) < 4.78 is 1.88. The van der Waals surface area contributed by atoms with Crippen molar-refractivity contribution >= 4 is 21.7 Å². The Bertz CT molecular complexity index is 874. The van der Waals surface area contributed by atoms with E-state index in [9.17, 15) is 9.59 Å². The van der Waals surface area contributed by atoms with Crippen LogP contribution in [0.4, 0.5) is 0 Å². The van der Waals surface area contributed by atoms with Crippen molar-refractivity contribution in [3.05, 3.63) is 92.9 Å². The Morgan fingerprint density at radius 2 is 1.73 bits per heavy atom. The molecule has 0 aliphatic rings. The van der Waals surface area contributed by atoms with E-state index in [1.165, 1.54) is 10.6 Å². The van der Waals surface area contributed by atoms with Gasteiger partial charge >= 0.3 is 0 Å². The molecular weight excluding hydrogens is 344 g/mol. The zero-order chi connectivity index (χ0) is 15.5. The molecule has 22 heavy (non-hydrogen) atoms. The maximum absolute atomic E-state index is 12.7. The number of aromatic nitrogens is 2. The first-order chi connectivity index (χ1) is 10.7. The molecule has 2 heterocycles. The molecule has 0 spiro atoms. The van der Waals surface area contributed by atoms with Crippen LogP contribution in [0.2, 0.25) is 0 Å². The fourth-order valence-electron chi connectivity index (χ4n) is 2.16. The molecule has 5 heteroatoms. The minimum absolute atomic E-state index is 0.232. The van der Waals surface area contributed by atoms with Crippen molar-refractivity contribution in [1.82, 2.24) is 9.55 Å². The average molecular weight is 355 g/mol. The lowest BCUT2D eigenvalue weighted by molar-refractivity contribution is 0.103. The zero-order valence-electron chi connectivity index (χ0n) is 11.4. The van der Waals surface area contributed by atoms with E-state index in [1.807, 2.05) is 6.07 Å². The van der Waals surface area contributed by atoms with Crippen molar-refractivity contribution in [2.45, 2.75) is 0 Å². The third kappa shape index (κ3) is 2.76. The summed E-state index contributed by atoms with van der Waals surface area (Å²) in [6.07, 6.45) is 1.58. The molecule has 0 aliphatic carbocycles. The van der Waals surface area contributed by atoms with Crippen LogP contribution in [0.1, 0.15) is 16.1 Å². The van der Waals surface area contributed by atoms with E-state index in [2.05, 4.69) is 20.9 Å². The summed E-state index contributed by atoms with van der Waals surface area (Å²) in [5.41, 5.74) is 0.473. The molecular formula is C17H11BrN2O2. The number of benzene rings is 1. The SMILES string of the molecule is O=C(c1ccccc1)c1cc(Br)cc(=O)n1-c1ccccn1. The molecule has 0 saturated heterocycles. The quantitative estimate of drug-likeness (QED) is 0.678. The van der Waals surface area contributed by atoms with Crippen LogP contribution in [0.3, 0.4) is 0 Å². The first-order valence-electron chi connectivity index (χ1n) is 6.60. The number of rotatable bonds is 3. The van der Waals surface area contributed by atoms with Crippen molar-refractivity contribution in [2.75, 3.05) is 0 Å². The van der Waals surface area contributed by atoms with E-state index in [0.717, 1.165) is 0 Å². The number of carbonyl (C=O) groups is 1. The number of pyridine rings is 2. The third-order valence-electron chi connectivity index (χ3n) is 3.14.